The Balaban J connectivity index is 1.72. The van der Waals surface area contributed by atoms with Crippen LogP contribution in [0.5, 0.6) is 5.75 Å². The number of rotatable bonds is 6. The summed E-state index contributed by atoms with van der Waals surface area (Å²) >= 11 is 0. The van der Waals surface area contributed by atoms with E-state index in [1.165, 1.54) is 19.1 Å². The fourth-order valence-corrected chi connectivity index (χ4v) is 3.48. The quantitative estimate of drug-likeness (QED) is 0.446. The van der Waals surface area contributed by atoms with Gasteiger partial charge in [0.05, 0.1) is 13.7 Å². The molecule has 1 aromatic rings. The molecule has 0 aromatic heterocycles. The van der Waals surface area contributed by atoms with Crippen LogP contribution in [0, 0.1) is 6.92 Å². The van der Waals surface area contributed by atoms with E-state index < -0.39 is 17.8 Å². The van der Waals surface area contributed by atoms with Crippen molar-refractivity contribution in [1.82, 2.24) is 9.80 Å². The van der Waals surface area contributed by atoms with Crippen LogP contribution in [0.4, 0.5) is 4.79 Å². The van der Waals surface area contributed by atoms with Gasteiger partial charge in [0.2, 0.25) is 0 Å². The van der Waals surface area contributed by atoms with Crippen molar-refractivity contribution in [3.8, 4) is 5.75 Å². The Labute approximate surface area is 153 Å². The summed E-state index contributed by atoms with van der Waals surface area (Å²) in [6, 6.07) is 5.01. The molecule has 1 aliphatic carbocycles. The summed E-state index contributed by atoms with van der Waals surface area (Å²) in [5.74, 6) is -0.913. The molecular weight excluding hydrogens is 332 g/mol. The van der Waals surface area contributed by atoms with Crippen LogP contribution in [-0.4, -0.2) is 41.3 Å². The molecule has 4 amide bonds. The zero-order valence-corrected chi connectivity index (χ0v) is 15.3. The molecule has 0 radical (unpaired) electrons. The van der Waals surface area contributed by atoms with Gasteiger partial charge in [-0.05, 0) is 45.1 Å². The Bertz CT molecular complexity index is 769. The molecule has 0 atom stereocenters. The van der Waals surface area contributed by atoms with Crippen LogP contribution in [0.3, 0.4) is 0 Å². The van der Waals surface area contributed by atoms with E-state index in [1.807, 2.05) is 19.1 Å². The summed E-state index contributed by atoms with van der Waals surface area (Å²) < 4.78 is 5.31. The monoisotopic (exact) mass is 356 g/mol. The van der Waals surface area contributed by atoms with Gasteiger partial charge in [-0.2, -0.15) is 0 Å². The largest absolute Gasteiger partial charge is 0.496 e. The first-order valence-electron chi connectivity index (χ1n) is 9.00. The van der Waals surface area contributed by atoms with Gasteiger partial charge in [0.25, 0.3) is 0 Å². The Hall–Kier alpha value is -2.63. The molecule has 1 saturated heterocycles. The third kappa shape index (κ3) is 3.64. The number of methoxy groups -OCH3 is 1. The summed E-state index contributed by atoms with van der Waals surface area (Å²) in [5, 5.41) is 0. The van der Waals surface area contributed by atoms with Crippen LogP contribution in [-0.2, 0) is 16.1 Å². The summed E-state index contributed by atoms with van der Waals surface area (Å²) in [4.78, 5) is 39.3. The van der Waals surface area contributed by atoms with Crippen molar-refractivity contribution in [1.29, 1.82) is 0 Å². The van der Waals surface area contributed by atoms with E-state index in [-0.39, 0.29) is 13.1 Å². The van der Waals surface area contributed by atoms with E-state index in [0.717, 1.165) is 34.6 Å². The van der Waals surface area contributed by atoms with E-state index >= 15 is 0 Å². The average Bonchev–Trinajstić information content (AvgIpc) is 2.85. The molecule has 1 fully saturated rings. The van der Waals surface area contributed by atoms with Gasteiger partial charge in [-0.15, -0.1) is 0 Å². The molecule has 6 nitrogen and oxygen atoms in total. The molecule has 0 spiro atoms. The molecule has 0 N–H and O–H groups in total. The van der Waals surface area contributed by atoms with E-state index in [0.29, 0.717) is 17.7 Å². The lowest BCUT2D eigenvalue weighted by atomic mass is 9.97. The molecule has 26 heavy (non-hydrogen) atoms. The highest BCUT2D eigenvalue weighted by Crippen LogP contribution is 2.25. The molecule has 138 valence electrons. The zero-order valence-electron chi connectivity index (χ0n) is 15.3. The highest BCUT2D eigenvalue weighted by atomic mass is 16.5. The fraction of sp³-hybridized carbons (Fsp3) is 0.450. The molecule has 1 heterocycles. The first kappa shape index (κ1) is 18.2. The molecule has 1 aliphatic heterocycles. The second-order valence-corrected chi connectivity index (χ2v) is 6.80. The fourth-order valence-electron chi connectivity index (χ4n) is 3.48. The number of urea groups is 1. The molecule has 1 aromatic carbocycles. The van der Waals surface area contributed by atoms with Crippen LogP contribution < -0.4 is 4.74 Å². The Morgan fingerprint density at radius 2 is 1.85 bits per heavy atom. The van der Waals surface area contributed by atoms with Crippen LogP contribution in [0.2, 0.25) is 0 Å². The summed E-state index contributed by atoms with van der Waals surface area (Å²) in [6.45, 7) is 2.22. The second-order valence-electron chi connectivity index (χ2n) is 6.80. The molecule has 0 saturated carbocycles. The molecular formula is C20H24N2O4. The molecule has 2 aliphatic rings. The van der Waals surface area contributed by atoms with Crippen LogP contribution in [0.1, 0.15) is 43.2 Å². The lowest BCUT2D eigenvalue weighted by Crippen LogP contribution is -2.34. The number of hydrogen-bond donors (Lipinski definition) is 0. The number of carbonyl (C=O) groups is 3. The number of aryl methyl sites for hydroxylation is 1. The number of ether oxygens (including phenoxy) is 1. The van der Waals surface area contributed by atoms with E-state index in [9.17, 15) is 14.4 Å². The van der Waals surface area contributed by atoms with Crippen molar-refractivity contribution in [2.24, 2.45) is 0 Å². The lowest BCUT2D eigenvalue weighted by Gasteiger charge is -2.18. The molecule has 3 rings (SSSR count). The maximum absolute atomic E-state index is 12.6. The summed E-state index contributed by atoms with van der Waals surface area (Å²) in [6.07, 6.45) is 7.23. The van der Waals surface area contributed by atoms with Crippen molar-refractivity contribution < 1.29 is 19.1 Å². The molecule has 6 heteroatoms. The van der Waals surface area contributed by atoms with Crippen molar-refractivity contribution >= 4 is 17.8 Å². The Kier molecular flexibility index (Phi) is 5.40. The Morgan fingerprint density at radius 3 is 2.54 bits per heavy atom. The number of carbonyl (C=O) groups excluding carboxylic acids is 3. The van der Waals surface area contributed by atoms with Crippen LogP contribution in [0.25, 0.3) is 0 Å². The predicted molar refractivity (Wildman–Crippen MR) is 96.6 cm³/mol. The van der Waals surface area contributed by atoms with Gasteiger partial charge >= 0.3 is 17.8 Å². The third-order valence-electron chi connectivity index (χ3n) is 4.94. The van der Waals surface area contributed by atoms with Crippen molar-refractivity contribution in [2.75, 3.05) is 13.7 Å². The standard InChI is InChI=1S/C20H24N2O4/c1-14-8-9-17(26-2)16(12-14)13-22-19(24)18(23)21(20(22)25)11-10-15-6-4-3-5-7-15/h6,8-9,12H,3-5,7,10-11,13H2,1-2H3. The molecule has 0 bridgehead atoms. The minimum atomic E-state index is -0.767. The number of allylic oxidation sites excluding steroid dienone is 1. The summed E-state index contributed by atoms with van der Waals surface area (Å²) in [5.41, 5.74) is 2.97. The Morgan fingerprint density at radius 1 is 1.08 bits per heavy atom. The first-order valence-corrected chi connectivity index (χ1v) is 9.00. The van der Waals surface area contributed by atoms with E-state index in [4.69, 9.17) is 4.74 Å². The highest BCUT2D eigenvalue weighted by Gasteiger charge is 2.44. The number of hydrogen-bond acceptors (Lipinski definition) is 4. The lowest BCUT2D eigenvalue weighted by molar-refractivity contribution is -0.143. The minimum absolute atomic E-state index is 0.0352. The normalized spacial score (nSPS) is 17.8. The van der Waals surface area contributed by atoms with E-state index in [2.05, 4.69) is 6.08 Å². The first-order chi connectivity index (χ1) is 12.5. The summed E-state index contributed by atoms with van der Waals surface area (Å²) in [7, 11) is 1.54. The number of nitrogens with zero attached hydrogens (tertiary/aromatic N) is 2. The minimum Gasteiger partial charge on any atom is -0.496 e. The molecule has 0 unspecified atom stereocenters. The van der Waals surface area contributed by atoms with Gasteiger partial charge in [-0.1, -0.05) is 29.3 Å². The number of imide groups is 2. The number of benzene rings is 1. The predicted octanol–water partition coefficient (Wildman–Crippen LogP) is 3.18. The van der Waals surface area contributed by atoms with Gasteiger partial charge in [0, 0.05) is 12.1 Å². The van der Waals surface area contributed by atoms with Crippen LogP contribution >= 0.6 is 0 Å². The maximum Gasteiger partial charge on any atom is 0.334 e. The van der Waals surface area contributed by atoms with Crippen LogP contribution in [0.15, 0.2) is 29.8 Å². The SMILES string of the molecule is COc1ccc(C)cc1CN1C(=O)C(=O)N(CCC2=CCCCC2)C1=O. The van der Waals surface area contributed by atoms with Gasteiger partial charge in [0.1, 0.15) is 5.75 Å². The van der Waals surface area contributed by atoms with Crippen molar-refractivity contribution in [2.45, 2.75) is 45.6 Å². The van der Waals surface area contributed by atoms with Gasteiger partial charge in [-0.3, -0.25) is 19.4 Å². The highest BCUT2D eigenvalue weighted by molar-refractivity contribution is 6.44. The topological polar surface area (TPSA) is 66.9 Å². The van der Waals surface area contributed by atoms with E-state index in [1.54, 1.807) is 6.07 Å². The zero-order chi connectivity index (χ0) is 18.7. The maximum atomic E-state index is 12.6. The second kappa shape index (κ2) is 7.72. The average molecular weight is 356 g/mol. The smallest absolute Gasteiger partial charge is 0.334 e. The van der Waals surface area contributed by atoms with Gasteiger partial charge < -0.3 is 4.74 Å². The third-order valence-corrected chi connectivity index (χ3v) is 4.94. The van der Waals surface area contributed by atoms with Crippen molar-refractivity contribution in [3.63, 3.8) is 0 Å². The van der Waals surface area contributed by atoms with Gasteiger partial charge in [0.15, 0.2) is 0 Å². The number of amides is 4. The van der Waals surface area contributed by atoms with Crippen molar-refractivity contribution in [3.05, 3.63) is 41.0 Å². The van der Waals surface area contributed by atoms with Gasteiger partial charge in [-0.25, -0.2) is 4.79 Å².